The molecule has 2 aromatic heterocycles. The molecule has 84 valence electrons. The summed E-state index contributed by atoms with van der Waals surface area (Å²) in [5.74, 6) is 2.01. The molecule has 16 heavy (non-hydrogen) atoms. The molecule has 1 fully saturated rings. The molecule has 0 bridgehead atoms. The van der Waals surface area contributed by atoms with Crippen LogP contribution < -0.4 is 5.32 Å². The van der Waals surface area contributed by atoms with Crippen LogP contribution in [0.5, 0.6) is 0 Å². The van der Waals surface area contributed by atoms with Crippen molar-refractivity contribution in [2.24, 2.45) is 5.92 Å². The third-order valence-electron chi connectivity index (χ3n) is 2.93. The summed E-state index contributed by atoms with van der Waals surface area (Å²) in [5, 5.41) is 7.29. The molecule has 1 atom stereocenters. The largest absolute Gasteiger partial charge is 0.359 e. The Hall–Kier alpha value is -1.62. The maximum Gasteiger partial charge on any atom is 0.227 e. The van der Waals surface area contributed by atoms with Gasteiger partial charge in [-0.1, -0.05) is 5.16 Å². The zero-order valence-corrected chi connectivity index (χ0v) is 8.94. The smallest absolute Gasteiger partial charge is 0.227 e. The third-order valence-corrected chi connectivity index (χ3v) is 2.93. The van der Waals surface area contributed by atoms with Crippen LogP contribution in [0.1, 0.15) is 12.3 Å². The van der Waals surface area contributed by atoms with Gasteiger partial charge >= 0.3 is 0 Å². The summed E-state index contributed by atoms with van der Waals surface area (Å²) in [5.41, 5.74) is 0.902. The Labute approximate surface area is 93.3 Å². The molecule has 1 aliphatic heterocycles. The van der Waals surface area contributed by atoms with Gasteiger partial charge in [-0.05, 0) is 37.6 Å². The van der Waals surface area contributed by atoms with Gasteiger partial charge in [-0.25, -0.2) is 0 Å². The van der Waals surface area contributed by atoms with Crippen molar-refractivity contribution in [1.82, 2.24) is 20.4 Å². The predicted octanol–water partition coefficient (Wildman–Crippen LogP) is 1.22. The lowest BCUT2D eigenvalue weighted by atomic mass is 10.1. The van der Waals surface area contributed by atoms with Gasteiger partial charge < -0.3 is 14.8 Å². The number of nitrogens with one attached hydrogen (secondary N) is 2. The number of nitrogens with zero attached hydrogens (tertiary/aromatic N) is 2. The standard InChI is InChI=1S/C11H14N4O/c1-2-9(13-4-1)11-14-10(16-15-11)6-8-3-5-12-7-8/h1-2,4,8,12-13H,3,5-7H2. The van der Waals surface area contributed by atoms with Crippen molar-refractivity contribution >= 4 is 0 Å². The second-order valence-electron chi connectivity index (χ2n) is 4.16. The second-order valence-corrected chi connectivity index (χ2v) is 4.16. The van der Waals surface area contributed by atoms with Crippen LogP contribution in [0.3, 0.4) is 0 Å². The van der Waals surface area contributed by atoms with Gasteiger partial charge in [-0.15, -0.1) is 0 Å². The first kappa shape index (κ1) is 9.59. The minimum atomic E-state index is 0.636. The highest BCUT2D eigenvalue weighted by molar-refractivity contribution is 5.47. The topological polar surface area (TPSA) is 66.7 Å². The summed E-state index contributed by atoms with van der Waals surface area (Å²) >= 11 is 0. The number of hydrogen-bond donors (Lipinski definition) is 2. The molecule has 1 aliphatic rings. The Kier molecular flexibility index (Phi) is 2.46. The SMILES string of the molecule is c1c[nH]c(-c2noc(CC3CCNC3)n2)c1. The quantitative estimate of drug-likeness (QED) is 0.812. The fourth-order valence-electron chi connectivity index (χ4n) is 2.05. The van der Waals surface area contributed by atoms with Crippen LogP contribution in [0.15, 0.2) is 22.9 Å². The minimum absolute atomic E-state index is 0.636. The number of H-pyrrole nitrogens is 1. The zero-order valence-electron chi connectivity index (χ0n) is 8.94. The highest BCUT2D eigenvalue weighted by atomic mass is 16.5. The van der Waals surface area contributed by atoms with Crippen molar-refractivity contribution in [3.8, 4) is 11.5 Å². The molecule has 0 aromatic carbocycles. The van der Waals surface area contributed by atoms with E-state index in [0.717, 1.165) is 31.1 Å². The Balaban J connectivity index is 1.72. The Bertz CT molecular complexity index is 442. The summed E-state index contributed by atoms with van der Waals surface area (Å²) in [7, 11) is 0. The monoisotopic (exact) mass is 218 g/mol. The van der Waals surface area contributed by atoms with Gasteiger partial charge in [0, 0.05) is 12.6 Å². The molecule has 3 rings (SSSR count). The van der Waals surface area contributed by atoms with Crippen LogP contribution in [0.2, 0.25) is 0 Å². The molecule has 1 saturated heterocycles. The lowest BCUT2D eigenvalue weighted by Gasteiger charge is -2.01. The molecule has 5 nitrogen and oxygen atoms in total. The average Bonchev–Trinajstić information content (AvgIpc) is 2.99. The van der Waals surface area contributed by atoms with Crippen LogP contribution in [0.25, 0.3) is 11.5 Å². The van der Waals surface area contributed by atoms with Crippen LogP contribution >= 0.6 is 0 Å². The molecule has 5 heteroatoms. The fourth-order valence-corrected chi connectivity index (χ4v) is 2.05. The minimum Gasteiger partial charge on any atom is -0.359 e. The van der Waals surface area contributed by atoms with Gasteiger partial charge in [-0.3, -0.25) is 0 Å². The molecule has 0 aliphatic carbocycles. The van der Waals surface area contributed by atoms with E-state index < -0.39 is 0 Å². The third kappa shape index (κ3) is 1.86. The zero-order chi connectivity index (χ0) is 10.8. The number of aromatic amines is 1. The lowest BCUT2D eigenvalue weighted by molar-refractivity contribution is 0.358. The molecule has 1 unspecified atom stereocenters. The van der Waals surface area contributed by atoms with E-state index in [9.17, 15) is 0 Å². The van der Waals surface area contributed by atoms with Crippen molar-refractivity contribution in [3.63, 3.8) is 0 Å². The van der Waals surface area contributed by atoms with E-state index in [0.29, 0.717) is 11.7 Å². The lowest BCUT2D eigenvalue weighted by Crippen LogP contribution is -2.10. The van der Waals surface area contributed by atoms with Crippen molar-refractivity contribution in [1.29, 1.82) is 0 Å². The summed E-state index contributed by atoms with van der Waals surface area (Å²) in [4.78, 5) is 7.44. The van der Waals surface area contributed by atoms with E-state index in [4.69, 9.17) is 4.52 Å². The molecule has 0 radical (unpaired) electrons. The number of aromatic nitrogens is 3. The Morgan fingerprint density at radius 2 is 2.50 bits per heavy atom. The first-order chi connectivity index (χ1) is 7.92. The maximum atomic E-state index is 5.24. The number of rotatable bonds is 3. The number of hydrogen-bond acceptors (Lipinski definition) is 4. The van der Waals surface area contributed by atoms with Gasteiger partial charge in [0.2, 0.25) is 11.7 Å². The van der Waals surface area contributed by atoms with Crippen LogP contribution in [0, 0.1) is 5.92 Å². The van der Waals surface area contributed by atoms with Crippen LogP contribution in [-0.2, 0) is 6.42 Å². The molecule has 0 spiro atoms. The van der Waals surface area contributed by atoms with Crippen LogP contribution in [-0.4, -0.2) is 28.2 Å². The van der Waals surface area contributed by atoms with E-state index in [1.165, 1.54) is 6.42 Å². The van der Waals surface area contributed by atoms with Gasteiger partial charge in [-0.2, -0.15) is 4.98 Å². The normalized spacial score (nSPS) is 20.4. The van der Waals surface area contributed by atoms with Gasteiger partial charge in [0.05, 0.1) is 5.69 Å². The Morgan fingerprint density at radius 1 is 1.50 bits per heavy atom. The fraction of sp³-hybridized carbons (Fsp3) is 0.455. The summed E-state index contributed by atoms with van der Waals surface area (Å²) in [6, 6.07) is 3.86. The van der Waals surface area contributed by atoms with Crippen molar-refractivity contribution in [2.75, 3.05) is 13.1 Å². The van der Waals surface area contributed by atoms with E-state index in [1.807, 2.05) is 18.3 Å². The van der Waals surface area contributed by atoms with Crippen molar-refractivity contribution in [2.45, 2.75) is 12.8 Å². The average molecular weight is 218 g/mol. The molecule has 2 N–H and O–H groups in total. The highest BCUT2D eigenvalue weighted by Crippen LogP contribution is 2.17. The summed E-state index contributed by atoms with van der Waals surface area (Å²) < 4.78 is 5.24. The molecule has 0 saturated carbocycles. The van der Waals surface area contributed by atoms with E-state index in [2.05, 4.69) is 20.4 Å². The van der Waals surface area contributed by atoms with Gasteiger partial charge in [0.25, 0.3) is 0 Å². The van der Waals surface area contributed by atoms with E-state index in [1.54, 1.807) is 0 Å². The predicted molar refractivity (Wildman–Crippen MR) is 58.8 cm³/mol. The molecular weight excluding hydrogens is 204 g/mol. The van der Waals surface area contributed by atoms with Crippen LogP contribution in [0.4, 0.5) is 0 Å². The first-order valence-corrected chi connectivity index (χ1v) is 5.59. The van der Waals surface area contributed by atoms with Gasteiger partial charge in [0.15, 0.2) is 0 Å². The second kappa shape index (κ2) is 4.09. The molecule has 3 heterocycles. The molecular formula is C11H14N4O. The Morgan fingerprint density at radius 3 is 3.25 bits per heavy atom. The van der Waals surface area contributed by atoms with E-state index in [-0.39, 0.29) is 0 Å². The summed E-state index contributed by atoms with van der Waals surface area (Å²) in [6.07, 6.45) is 3.92. The summed E-state index contributed by atoms with van der Waals surface area (Å²) in [6.45, 7) is 2.16. The molecule has 0 amide bonds. The van der Waals surface area contributed by atoms with Crippen molar-refractivity contribution < 1.29 is 4.52 Å². The van der Waals surface area contributed by atoms with Crippen molar-refractivity contribution in [3.05, 3.63) is 24.2 Å². The van der Waals surface area contributed by atoms with Gasteiger partial charge in [0.1, 0.15) is 0 Å². The maximum absolute atomic E-state index is 5.24. The highest BCUT2D eigenvalue weighted by Gasteiger charge is 2.18. The molecule has 2 aromatic rings. The van der Waals surface area contributed by atoms with E-state index >= 15 is 0 Å². The first-order valence-electron chi connectivity index (χ1n) is 5.59.